The normalized spacial score (nSPS) is 16.9. The van der Waals surface area contributed by atoms with Crippen LogP contribution in [0.3, 0.4) is 0 Å². The van der Waals surface area contributed by atoms with E-state index in [2.05, 4.69) is 38.9 Å². The summed E-state index contributed by atoms with van der Waals surface area (Å²) in [6.45, 7) is 10.8. The molecule has 2 rings (SSSR count). The summed E-state index contributed by atoms with van der Waals surface area (Å²) in [5, 5.41) is 3.28. The van der Waals surface area contributed by atoms with Crippen LogP contribution in [0.2, 0.25) is 0 Å². The summed E-state index contributed by atoms with van der Waals surface area (Å²) in [6, 6.07) is 0. The Balaban J connectivity index is 1.96. The van der Waals surface area contributed by atoms with Crippen molar-refractivity contribution < 1.29 is 0 Å². The second kappa shape index (κ2) is 6.54. The number of anilines is 2. The molecule has 0 aliphatic carbocycles. The zero-order valence-corrected chi connectivity index (χ0v) is 11.4. The van der Waals surface area contributed by atoms with Gasteiger partial charge in [-0.05, 0) is 13.0 Å². The lowest BCUT2D eigenvalue weighted by Gasteiger charge is -2.34. The second-order valence-electron chi connectivity index (χ2n) is 4.61. The molecular formula is C13H23N5. The van der Waals surface area contributed by atoms with Gasteiger partial charge in [0.1, 0.15) is 11.6 Å². The van der Waals surface area contributed by atoms with E-state index in [-0.39, 0.29) is 0 Å². The number of likely N-dealkylation sites (N-methyl/N-ethyl adjacent to an activating group) is 1. The molecule has 1 N–H and O–H groups in total. The monoisotopic (exact) mass is 249 g/mol. The van der Waals surface area contributed by atoms with Gasteiger partial charge in [0.15, 0.2) is 0 Å². The van der Waals surface area contributed by atoms with Crippen LogP contribution in [-0.2, 0) is 0 Å². The van der Waals surface area contributed by atoms with Crippen molar-refractivity contribution in [2.45, 2.75) is 20.3 Å². The van der Waals surface area contributed by atoms with Crippen molar-refractivity contribution in [2.75, 3.05) is 49.5 Å². The number of hydrogen-bond donors (Lipinski definition) is 1. The van der Waals surface area contributed by atoms with Crippen LogP contribution in [0, 0.1) is 0 Å². The molecule has 100 valence electrons. The van der Waals surface area contributed by atoms with Crippen molar-refractivity contribution in [3.05, 3.63) is 12.4 Å². The molecule has 0 unspecified atom stereocenters. The fourth-order valence-corrected chi connectivity index (χ4v) is 2.14. The maximum Gasteiger partial charge on any atom is 0.149 e. The molecule has 0 bridgehead atoms. The standard InChI is InChI=1S/C13H23N5/c1-3-5-15-12-10-14-11-13(16-12)18-8-6-17(4-2)7-9-18/h10-11H,3-9H2,1-2H3,(H,15,16). The van der Waals surface area contributed by atoms with E-state index in [1.807, 2.05) is 6.20 Å². The lowest BCUT2D eigenvalue weighted by molar-refractivity contribution is 0.270. The predicted molar refractivity (Wildman–Crippen MR) is 75.1 cm³/mol. The Morgan fingerprint density at radius 2 is 1.94 bits per heavy atom. The van der Waals surface area contributed by atoms with Crippen LogP contribution in [0.25, 0.3) is 0 Å². The molecule has 5 heteroatoms. The molecule has 0 saturated carbocycles. The molecule has 5 nitrogen and oxygen atoms in total. The fraction of sp³-hybridized carbons (Fsp3) is 0.692. The lowest BCUT2D eigenvalue weighted by Crippen LogP contribution is -2.46. The first kappa shape index (κ1) is 13.1. The molecule has 0 aromatic carbocycles. The quantitative estimate of drug-likeness (QED) is 0.855. The van der Waals surface area contributed by atoms with Crippen LogP contribution in [0.15, 0.2) is 12.4 Å². The second-order valence-corrected chi connectivity index (χ2v) is 4.61. The largest absolute Gasteiger partial charge is 0.369 e. The van der Waals surface area contributed by atoms with Crippen LogP contribution in [0.1, 0.15) is 20.3 Å². The minimum absolute atomic E-state index is 0.882. The maximum absolute atomic E-state index is 4.62. The van der Waals surface area contributed by atoms with Gasteiger partial charge in [-0.2, -0.15) is 0 Å². The van der Waals surface area contributed by atoms with Gasteiger partial charge in [-0.1, -0.05) is 13.8 Å². The topological polar surface area (TPSA) is 44.3 Å². The SMILES string of the molecule is CCCNc1cncc(N2CCN(CC)CC2)n1. The molecular weight excluding hydrogens is 226 g/mol. The van der Waals surface area contributed by atoms with Gasteiger partial charge in [0.2, 0.25) is 0 Å². The van der Waals surface area contributed by atoms with E-state index in [0.29, 0.717) is 0 Å². The number of aromatic nitrogens is 2. The first-order chi connectivity index (χ1) is 8.83. The van der Waals surface area contributed by atoms with Gasteiger partial charge in [-0.15, -0.1) is 0 Å². The predicted octanol–water partition coefficient (Wildman–Crippen LogP) is 1.44. The summed E-state index contributed by atoms with van der Waals surface area (Å²) in [6.07, 6.45) is 4.75. The molecule has 0 spiro atoms. The van der Waals surface area contributed by atoms with E-state index < -0.39 is 0 Å². The molecule has 1 aromatic heterocycles. The van der Waals surface area contributed by atoms with Crippen molar-refractivity contribution >= 4 is 11.6 Å². The highest BCUT2D eigenvalue weighted by Gasteiger charge is 2.17. The Bertz CT molecular complexity index is 360. The maximum atomic E-state index is 4.62. The molecule has 1 aliphatic rings. The Morgan fingerprint density at radius 1 is 1.17 bits per heavy atom. The number of rotatable bonds is 5. The first-order valence-electron chi connectivity index (χ1n) is 6.86. The Kier molecular flexibility index (Phi) is 4.75. The van der Waals surface area contributed by atoms with Crippen LogP contribution >= 0.6 is 0 Å². The number of hydrogen-bond acceptors (Lipinski definition) is 5. The third-order valence-electron chi connectivity index (χ3n) is 3.32. The first-order valence-corrected chi connectivity index (χ1v) is 6.86. The fourth-order valence-electron chi connectivity index (χ4n) is 2.14. The van der Waals surface area contributed by atoms with Gasteiger partial charge >= 0.3 is 0 Å². The van der Waals surface area contributed by atoms with Crippen molar-refractivity contribution in [3.8, 4) is 0 Å². The highest BCUT2D eigenvalue weighted by atomic mass is 15.3. The average molecular weight is 249 g/mol. The van der Waals surface area contributed by atoms with E-state index in [1.54, 1.807) is 6.20 Å². The van der Waals surface area contributed by atoms with Crippen molar-refractivity contribution in [2.24, 2.45) is 0 Å². The van der Waals surface area contributed by atoms with Gasteiger partial charge < -0.3 is 15.1 Å². The summed E-state index contributed by atoms with van der Waals surface area (Å²) in [4.78, 5) is 13.7. The molecule has 1 fully saturated rings. The minimum atomic E-state index is 0.882. The van der Waals surface area contributed by atoms with Crippen molar-refractivity contribution in [1.29, 1.82) is 0 Å². The van der Waals surface area contributed by atoms with Crippen molar-refractivity contribution in [3.63, 3.8) is 0 Å². The van der Waals surface area contributed by atoms with Crippen LogP contribution < -0.4 is 10.2 Å². The van der Waals surface area contributed by atoms with Crippen LogP contribution in [-0.4, -0.2) is 54.1 Å². The molecule has 1 saturated heterocycles. The molecule has 0 atom stereocenters. The molecule has 18 heavy (non-hydrogen) atoms. The van der Waals surface area contributed by atoms with E-state index >= 15 is 0 Å². The van der Waals surface area contributed by atoms with Gasteiger partial charge in [0.25, 0.3) is 0 Å². The smallest absolute Gasteiger partial charge is 0.149 e. The highest BCUT2D eigenvalue weighted by molar-refractivity contribution is 5.44. The third kappa shape index (κ3) is 3.32. The lowest BCUT2D eigenvalue weighted by atomic mass is 10.3. The summed E-state index contributed by atoms with van der Waals surface area (Å²) in [7, 11) is 0. The number of nitrogens with one attached hydrogen (secondary N) is 1. The van der Waals surface area contributed by atoms with Gasteiger partial charge in [0.05, 0.1) is 12.4 Å². The zero-order chi connectivity index (χ0) is 12.8. The molecule has 0 amide bonds. The third-order valence-corrected chi connectivity index (χ3v) is 3.32. The Hall–Kier alpha value is -1.36. The number of piperazine rings is 1. The van der Waals surface area contributed by atoms with Crippen LogP contribution in [0.5, 0.6) is 0 Å². The van der Waals surface area contributed by atoms with E-state index in [9.17, 15) is 0 Å². The van der Waals surface area contributed by atoms with E-state index in [4.69, 9.17) is 0 Å². The molecule has 1 aliphatic heterocycles. The highest BCUT2D eigenvalue weighted by Crippen LogP contribution is 2.14. The summed E-state index contributed by atoms with van der Waals surface area (Å²) in [5.74, 6) is 1.87. The Morgan fingerprint density at radius 3 is 2.61 bits per heavy atom. The summed E-state index contributed by atoms with van der Waals surface area (Å²) >= 11 is 0. The van der Waals surface area contributed by atoms with E-state index in [1.165, 1.54) is 0 Å². The minimum Gasteiger partial charge on any atom is -0.369 e. The van der Waals surface area contributed by atoms with Crippen LogP contribution in [0.4, 0.5) is 11.6 Å². The van der Waals surface area contributed by atoms with Gasteiger partial charge in [-0.3, -0.25) is 4.98 Å². The van der Waals surface area contributed by atoms with Gasteiger partial charge in [-0.25, -0.2) is 4.98 Å². The number of nitrogens with zero attached hydrogens (tertiary/aromatic N) is 4. The summed E-state index contributed by atoms with van der Waals surface area (Å²) in [5.41, 5.74) is 0. The van der Waals surface area contributed by atoms with E-state index in [0.717, 1.165) is 57.3 Å². The molecule has 2 heterocycles. The average Bonchev–Trinajstić information content (AvgIpc) is 2.45. The summed E-state index contributed by atoms with van der Waals surface area (Å²) < 4.78 is 0. The van der Waals surface area contributed by atoms with Crippen molar-refractivity contribution in [1.82, 2.24) is 14.9 Å². The Labute approximate surface area is 109 Å². The molecule has 0 radical (unpaired) electrons. The zero-order valence-electron chi connectivity index (χ0n) is 11.4. The van der Waals surface area contributed by atoms with Gasteiger partial charge in [0, 0.05) is 32.7 Å². The molecule has 1 aromatic rings.